The van der Waals surface area contributed by atoms with Crippen molar-refractivity contribution >= 4 is 10.0 Å². The van der Waals surface area contributed by atoms with Gasteiger partial charge in [0, 0.05) is 6.61 Å². The highest BCUT2D eigenvalue weighted by molar-refractivity contribution is 7.89. The summed E-state index contributed by atoms with van der Waals surface area (Å²) in [5.74, 6) is 0.184. The molecule has 0 amide bonds. The molecular formula is C7H13NO3S. The Morgan fingerprint density at radius 1 is 1.58 bits per heavy atom. The lowest BCUT2D eigenvalue weighted by Crippen LogP contribution is -2.17. The van der Waals surface area contributed by atoms with Crippen LogP contribution in [0, 0.1) is 0 Å². The lowest BCUT2D eigenvalue weighted by atomic mass is 10.2. The Labute approximate surface area is 72.6 Å². The second-order valence-electron chi connectivity index (χ2n) is 3.20. The predicted molar refractivity (Wildman–Crippen MR) is 44.1 cm³/mol. The van der Waals surface area contributed by atoms with Crippen molar-refractivity contribution < 1.29 is 13.2 Å². The Morgan fingerprint density at radius 2 is 2.33 bits per heavy atom. The van der Waals surface area contributed by atoms with Gasteiger partial charge in [0.2, 0.25) is 10.0 Å². The first kappa shape index (κ1) is 8.47. The van der Waals surface area contributed by atoms with Crippen LogP contribution in [0.5, 0.6) is 0 Å². The highest BCUT2D eigenvalue weighted by Gasteiger charge is 2.56. The molecule has 0 aromatic rings. The molecule has 2 aliphatic heterocycles. The van der Waals surface area contributed by atoms with E-state index >= 15 is 0 Å². The number of hydrogen-bond acceptors (Lipinski definition) is 3. The fourth-order valence-electron chi connectivity index (χ4n) is 1.70. The monoisotopic (exact) mass is 191 g/mol. The molecule has 5 heteroatoms. The van der Waals surface area contributed by atoms with Crippen LogP contribution >= 0.6 is 0 Å². The van der Waals surface area contributed by atoms with E-state index in [4.69, 9.17) is 4.74 Å². The van der Waals surface area contributed by atoms with Gasteiger partial charge in [0.1, 0.15) is 6.23 Å². The van der Waals surface area contributed by atoms with E-state index < -0.39 is 10.0 Å². The average molecular weight is 191 g/mol. The summed E-state index contributed by atoms with van der Waals surface area (Å²) in [4.78, 5) is 0. The van der Waals surface area contributed by atoms with Gasteiger partial charge in [-0.3, -0.25) is 0 Å². The van der Waals surface area contributed by atoms with Crippen molar-refractivity contribution in [3.63, 3.8) is 0 Å². The minimum atomic E-state index is -3.00. The summed E-state index contributed by atoms with van der Waals surface area (Å²) in [6.45, 7) is 2.37. The second-order valence-corrected chi connectivity index (χ2v) is 5.36. The molecule has 0 aromatic carbocycles. The van der Waals surface area contributed by atoms with E-state index in [9.17, 15) is 8.42 Å². The van der Waals surface area contributed by atoms with E-state index in [1.54, 1.807) is 6.92 Å². The summed E-state index contributed by atoms with van der Waals surface area (Å²) in [6, 6.07) is 0.156. The second kappa shape index (κ2) is 2.68. The molecule has 12 heavy (non-hydrogen) atoms. The van der Waals surface area contributed by atoms with Gasteiger partial charge in [-0.05, 0) is 19.8 Å². The lowest BCUT2D eigenvalue weighted by Gasteiger charge is -2.04. The van der Waals surface area contributed by atoms with E-state index in [0.29, 0.717) is 6.61 Å². The van der Waals surface area contributed by atoms with Gasteiger partial charge in [0.15, 0.2) is 0 Å². The zero-order chi connectivity index (χ0) is 8.77. The molecule has 0 aliphatic carbocycles. The quantitative estimate of drug-likeness (QED) is 0.584. The number of sulfonamides is 1. The van der Waals surface area contributed by atoms with E-state index in [1.165, 1.54) is 4.31 Å². The molecule has 4 nitrogen and oxygen atoms in total. The Balaban J connectivity index is 2.10. The first-order valence-corrected chi connectivity index (χ1v) is 5.90. The van der Waals surface area contributed by atoms with E-state index in [1.807, 2.05) is 0 Å². The zero-order valence-corrected chi connectivity index (χ0v) is 7.88. The molecule has 2 fully saturated rings. The van der Waals surface area contributed by atoms with Crippen LogP contribution in [0.4, 0.5) is 0 Å². The van der Waals surface area contributed by atoms with Crippen molar-refractivity contribution in [3.8, 4) is 0 Å². The molecule has 70 valence electrons. The maximum atomic E-state index is 11.4. The molecule has 0 N–H and O–H groups in total. The normalized spacial score (nSPS) is 40.6. The minimum absolute atomic E-state index is 0.122. The Kier molecular flexibility index (Phi) is 1.89. The van der Waals surface area contributed by atoms with Crippen molar-refractivity contribution in [2.75, 3.05) is 12.4 Å². The summed E-state index contributed by atoms with van der Waals surface area (Å²) in [6.07, 6.45) is 1.82. The highest BCUT2D eigenvalue weighted by Crippen LogP contribution is 2.39. The molecule has 2 aliphatic rings. The predicted octanol–water partition coefficient (Wildman–Crippen LogP) is 0.157. The fraction of sp³-hybridized carbons (Fsp3) is 1.00. The fourth-order valence-corrected chi connectivity index (χ4v) is 3.08. The van der Waals surface area contributed by atoms with E-state index in [2.05, 4.69) is 0 Å². The number of hydrogen-bond donors (Lipinski definition) is 0. The number of fused-ring (bicyclic) bond motifs is 1. The van der Waals surface area contributed by atoms with E-state index in [0.717, 1.165) is 12.8 Å². The van der Waals surface area contributed by atoms with Gasteiger partial charge in [0.25, 0.3) is 0 Å². The van der Waals surface area contributed by atoms with Gasteiger partial charge < -0.3 is 4.74 Å². The third kappa shape index (κ3) is 1.16. The summed E-state index contributed by atoms with van der Waals surface area (Å²) >= 11 is 0. The molecule has 2 saturated heterocycles. The van der Waals surface area contributed by atoms with Crippen LogP contribution in [-0.4, -0.2) is 37.4 Å². The molecular weight excluding hydrogens is 178 g/mol. The van der Waals surface area contributed by atoms with Gasteiger partial charge in [-0.15, -0.1) is 0 Å². The van der Waals surface area contributed by atoms with E-state index in [-0.39, 0.29) is 18.0 Å². The minimum Gasteiger partial charge on any atom is -0.360 e. The smallest absolute Gasteiger partial charge is 0.216 e. The van der Waals surface area contributed by atoms with Crippen molar-refractivity contribution in [1.82, 2.24) is 4.31 Å². The molecule has 2 heterocycles. The molecule has 0 bridgehead atoms. The van der Waals surface area contributed by atoms with Crippen LogP contribution in [-0.2, 0) is 14.8 Å². The first-order chi connectivity index (χ1) is 5.67. The lowest BCUT2D eigenvalue weighted by molar-refractivity contribution is 0.0787. The van der Waals surface area contributed by atoms with Gasteiger partial charge in [0.05, 0.1) is 11.8 Å². The Morgan fingerprint density at radius 3 is 2.83 bits per heavy atom. The maximum absolute atomic E-state index is 11.4. The molecule has 0 saturated carbocycles. The van der Waals surface area contributed by atoms with Crippen molar-refractivity contribution in [3.05, 3.63) is 0 Å². The van der Waals surface area contributed by atoms with Crippen LogP contribution in [0.2, 0.25) is 0 Å². The highest BCUT2D eigenvalue weighted by atomic mass is 32.2. The Bertz CT molecular complexity index is 262. The van der Waals surface area contributed by atoms with Crippen molar-refractivity contribution in [2.24, 2.45) is 0 Å². The van der Waals surface area contributed by atoms with Crippen LogP contribution in [0.1, 0.15) is 19.8 Å². The molecule has 2 rings (SSSR count). The van der Waals surface area contributed by atoms with Crippen LogP contribution in [0.3, 0.4) is 0 Å². The zero-order valence-electron chi connectivity index (χ0n) is 7.06. The van der Waals surface area contributed by atoms with Gasteiger partial charge in [-0.1, -0.05) is 0 Å². The van der Waals surface area contributed by atoms with Crippen LogP contribution in [0.25, 0.3) is 0 Å². The number of ether oxygens (including phenoxy) is 1. The average Bonchev–Trinajstić information content (AvgIpc) is 2.78. The largest absolute Gasteiger partial charge is 0.360 e. The maximum Gasteiger partial charge on any atom is 0.216 e. The summed E-state index contributed by atoms with van der Waals surface area (Å²) in [5, 5.41) is 0. The van der Waals surface area contributed by atoms with Crippen molar-refractivity contribution in [1.29, 1.82) is 0 Å². The standard InChI is InChI=1S/C7H13NO3S/c1-2-12(9,10)8-6-4-3-5-11-7(6)8/h6-7H,2-5H2,1H3/t6-,7-,8?/m0/s1. The number of nitrogens with zero attached hydrogens (tertiary/aromatic N) is 1. The van der Waals surface area contributed by atoms with Crippen molar-refractivity contribution in [2.45, 2.75) is 32.0 Å². The summed E-state index contributed by atoms with van der Waals surface area (Å²) in [5.41, 5.74) is 0. The van der Waals surface area contributed by atoms with Gasteiger partial charge in [-0.2, -0.15) is 4.31 Å². The molecule has 0 radical (unpaired) electrons. The summed E-state index contributed by atoms with van der Waals surface area (Å²) in [7, 11) is -3.00. The molecule has 0 spiro atoms. The summed E-state index contributed by atoms with van der Waals surface area (Å²) < 4.78 is 29.5. The Hall–Kier alpha value is -0.130. The number of rotatable bonds is 2. The van der Waals surface area contributed by atoms with Gasteiger partial charge in [-0.25, -0.2) is 8.42 Å². The van der Waals surface area contributed by atoms with Crippen LogP contribution in [0.15, 0.2) is 0 Å². The molecule has 3 atom stereocenters. The topological polar surface area (TPSA) is 46.4 Å². The molecule has 0 aromatic heterocycles. The molecule has 1 unspecified atom stereocenters. The third-order valence-electron chi connectivity index (χ3n) is 2.44. The van der Waals surface area contributed by atoms with Crippen LogP contribution < -0.4 is 0 Å². The van der Waals surface area contributed by atoms with Gasteiger partial charge >= 0.3 is 0 Å². The SMILES string of the molecule is CCS(=O)(=O)N1[C@H]2CCCO[C@@H]21. The first-order valence-electron chi connectivity index (χ1n) is 4.29. The third-order valence-corrected chi connectivity index (χ3v) is 4.29.